The van der Waals surface area contributed by atoms with Gasteiger partial charge in [0.05, 0.1) is 12.6 Å². The highest BCUT2D eigenvalue weighted by Crippen LogP contribution is 2.65. The Balaban J connectivity index is 1.29. The molecule has 55 heavy (non-hydrogen) atoms. The van der Waals surface area contributed by atoms with Crippen LogP contribution < -0.4 is 21.3 Å². The lowest BCUT2D eigenvalue weighted by Crippen LogP contribution is -2.60. The molecule has 0 radical (unpaired) electrons. The number of nitrogens with zero attached hydrogens (tertiary/aromatic N) is 2. The molecule has 4 N–H and O–H groups in total. The smallest absolute Gasteiger partial charge is 0.408 e. The quantitative estimate of drug-likeness (QED) is 0.163. The Morgan fingerprint density at radius 2 is 1.56 bits per heavy atom. The molecule has 1 aromatic carbocycles. The number of hydrogen-bond donors (Lipinski definition) is 4. The fraction of sp³-hybridized carbons (Fsp3) is 0.667. The summed E-state index contributed by atoms with van der Waals surface area (Å²) in [5.74, 6) is -5.39. The Labute approximate surface area is 332 Å². The van der Waals surface area contributed by atoms with E-state index in [0.717, 1.165) is 38.5 Å². The number of nitrogens with one attached hydrogen (secondary N) is 4. The number of amides is 6. The van der Waals surface area contributed by atoms with Crippen molar-refractivity contribution in [3.8, 4) is 0 Å². The van der Waals surface area contributed by atoms with Gasteiger partial charge in [0.1, 0.15) is 28.1 Å². The number of rotatable bonds is 14. The van der Waals surface area contributed by atoms with Gasteiger partial charge < -0.3 is 35.8 Å². The lowest BCUT2D eigenvalue weighted by atomic mass is 9.80. The van der Waals surface area contributed by atoms with Gasteiger partial charge in [0.15, 0.2) is 0 Å². The summed E-state index contributed by atoms with van der Waals surface area (Å²) in [5, 5.41) is 10.5. The Morgan fingerprint density at radius 1 is 0.909 bits per heavy atom. The van der Waals surface area contributed by atoms with E-state index < -0.39 is 88.0 Å². The number of alkyl halides is 2. The molecule has 1 aromatic rings. The molecule has 0 spiro atoms. The summed E-state index contributed by atoms with van der Waals surface area (Å²) in [4.78, 5) is 97.1. The highest BCUT2D eigenvalue weighted by Gasteiger charge is 2.74. The monoisotopic (exact) mass is 804 g/mol. The Bertz CT molecular complexity index is 1630. The van der Waals surface area contributed by atoms with Gasteiger partial charge in [0.2, 0.25) is 29.4 Å². The van der Waals surface area contributed by atoms with Crippen LogP contribution in [0.3, 0.4) is 0 Å². The standard InChI is InChI=1S/C39H54Cl2N6O8/c1-38(2,3)55-37(54)45-30(24-17-10-7-11-18-24)36(53)47-21-25-28(39(25,40)41)31(47)33(50)43-26(19-22-13-12-14-22)32(49)34(51)42-20-27(48)44-29(35(52)46(4)5)23-15-8-6-9-16-23/h6,8-9,15-16,22,24-26,28-31H,7,10-14,17-21H2,1-5H3,(H,42,51)(H,43,50)(H,44,48)(H,45,54)/t25?,26?,28?,29?,30?,31-/m0/s1. The molecule has 16 heteroatoms. The van der Waals surface area contributed by atoms with E-state index in [0.29, 0.717) is 18.4 Å². The summed E-state index contributed by atoms with van der Waals surface area (Å²) in [6.07, 6.45) is 6.24. The van der Waals surface area contributed by atoms with E-state index in [1.807, 2.05) is 0 Å². The first-order chi connectivity index (χ1) is 25.9. The van der Waals surface area contributed by atoms with Crippen molar-refractivity contribution in [3.63, 3.8) is 0 Å². The second kappa shape index (κ2) is 17.5. The van der Waals surface area contributed by atoms with Gasteiger partial charge in [-0.1, -0.05) is 68.9 Å². The van der Waals surface area contributed by atoms with Crippen LogP contribution in [0.15, 0.2) is 30.3 Å². The lowest BCUT2D eigenvalue weighted by Gasteiger charge is -2.37. The Hall–Kier alpha value is -3.91. The molecule has 1 saturated heterocycles. The summed E-state index contributed by atoms with van der Waals surface area (Å²) >= 11 is 13.2. The predicted octanol–water partition coefficient (Wildman–Crippen LogP) is 3.40. The molecule has 0 aromatic heterocycles. The highest BCUT2D eigenvalue weighted by molar-refractivity contribution is 6.51. The van der Waals surface area contributed by atoms with E-state index in [2.05, 4.69) is 21.3 Å². The zero-order valence-corrected chi connectivity index (χ0v) is 33.7. The number of carbonyl (C=O) groups excluding carboxylic acids is 7. The number of halogens is 2. The summed E-state index contributed by atoms with van der Waals surface area (Å²) in [6.45, 7) is 4.66. The van der Waals surface area contributed by atoms with Crippen LogP contribution in [0.2, 0.25) is 0 Å². The number of Topliss-reactive ketones (excluding diaryl/α,β-unsaturated/α-hetero) is 1. The van der Waals surface area contributed by atoms with E-state index >= 15 is 0 Å². The first kappa shape index (κ1) is 42.2. The number of benzene rings is 1. The summed E-state index contributed by atoms with van der Waals surface area (Å²) in [7, 11) is 3.11. The second-order valence-corrected chi connectivity index (χ2v) is 18.0. The van der Waals surface area contributed by atoms with Crippen LogP contribution in [0, 0.1) is 23.7 Å². The molecular weight excluding hydrogens is 751 g/mol. The minimum Gasteiger partial charge on any atom is -0.444 e. The number of fused-ring (bicyclic) bond motifs is 1. The third-order valence-corrected chi connectivity index (χ3v) is 12.2. The molecule has 14 nitrogen and oxygen atoms in total. The molecule has 5 unspecified atom stereocenters. The SMILES string of the molecule is CN(C)C(=O)C(NC(=O)CNC(=O)C(=O)C(CC1CCC1)NC(=O)[C@@H]1C2C(CN1C(=O)C(NC(=O)OC(C)(C)C)C1CCCCC1)C2(Cl)Cl)c1ccccc1. The summed E-state index contributed by atoms with van der Waals surface area (Å²) in [6, 6.07) is 4.24. The lowest BCUT2D eigenvalue weighted by molar-refractivity contribution is -0.144. The number of alkyl carbamates (subject to hydrolysis) is 1. The molecule has 4 aliphatic rings. The van der Waals surface area contributed by atoms with Crippen molar-refractivity contribution in [3.05, 3.63) is 35.9 Å². The third kappa shape index (κ3) is 10.3. The van der Waals surface area contributed by atoms with Gasteiger partial charge >= 0.3 is 6.09 Å². The van der Waals surface area contributed by atoms with Crippen molar-refractivity contribution >= 4 is 64.6 Å². The minimum atomic E-state index is -1.28. The first-order valence-corrected chi connectivity index (χ1v) is 20.0. The van der Waals surface area contributed by atoms with Gasteiger partial charge in [-0.05, 0) is 57.4 Å². The molecule has 1 heterocycles. The minimum absolute atomic E-state index is 0.0743. The Kier molecular flexibility index (Phi) is 13.4. The fourth-order valence-corrected chi connectivity index (χ4v) is 8.78. The highest BCUT2D eigenvalue weighted by atomic mass is 35.5. The van der Waals surface area contributed by atoms with Gasteiger partial charge in [-0.3, -0.25) is 28.8 Å². The maximum Gasteiger partial charge on any atom is 0.408 e. The molecule has 4 fully saturated rings. The van der Waals surface area contributed by atoms with Crippen LogP contribution in [-0.4, -0.2) is 106 Å². The van der Waals surface area contributed by atoms with Crippen molar-refractivity contribution in [2.45, 2.75) is 113 Å². The van der Waals surface area contributed by atoms with Crippen LogP contribution in [0.1, 0.15) is 90.2 Å². The van der Waals surface area contributed by atoms with Crippen LogP contribution in [0.25, 0.3) is 0 Å². The van der Waals surface area contributed by atoms with Crippen molar-refractivity contribution in [1.82, 2.24) is 31.1 Å². The number of carbonyl (C=O) groups is 7. The van der Waals surface area contributed by atoms with E-state index in [4.69, 9.17) is 27.9 Å². The molecule has 6 amide bonds. The predicted molar refractivity (Wildman–Crippen MR) is 205 cm³/mol. The maximum atomic E-state index is 14.4. The molecular formula is C39H54Cl2N6O8. The summed E-state index contributed by atoms with van der Waals surface area (Å²) < 4.78 is 4.22. The van der Waals surface area contributed by atoms with Crippen molar-refractivity contribution in [1.29, 1.82) is 0 Å². The number of likely N-dealkylation sites (N-methyl/N-ethyl adjacent to an activating group) is 1. The largest absolute Gasteiger partial charge is 0.444 e. The van der Waals surface area contributed by atoms with E-state index in [9.17, 15) is 33.6 Å². The third-order valence-electron chi connectivity index (χ3n) is 11.1. The normalized spacial score (nSPS) is 23.5. The van der Waals surface area contributed by atoms with Crippen LogP contribution in [0.4, 0.5) is 4.79 Å². The number of ketones is 1. The van der Waals surface area contributed by atoms with Gasteiger partial charge in [-0.15, -0.1) is 23.2 Å². The second-order valence-electron chi connectivity index (χ2n) is 16.5. The molecule has 3 saturated carbocycles. The van der Waals surface area contributed by atoms with Crippen molar-refractivity contribution in [2.24, 2.45) is 23.7 Å². The van der Waals surface area contributed by atoms with Gasteiger partial charge in [-0.2, -0.15) is 0 Å². The zero-order chi connectivity index (χ0) is 40.2. The van der Waals surface area contributed by atoms with E-state index in [1.165, 1.54) is 9.80 Å². The average molecular weight is 806 g/mol. The average Bonchev–Trinajstić information content (AvgIpc) is 3.41. The zero-order valence-electron chi connectivity index (χ0n) is 32.2. The van der Waals surface area contributed by atoms with Crippen LogP contribution in [-0.2, 0) is 33.5 Å². The molecule has 302 valence electrons. The van der Waals surface area contributed by atoms with Gasteiger partial charge in [0, 0.05) is 32.5 Å². The number of likely N-dealkylation sites (tertiary alicyclic amines) is 1. The first-order valence-electron chi connectivity index (χ1n) is 19.2. The Morgan fingerprint density at radius 3 is 2.15 bits per heavy atom. The molecule has 1 aliphatic heterocycles. The van der Waals surface area contributed by atoms with Crippen LogP contribution >= 0.6 is 23.2 Å². The van der Waals surface area contributed by atoms with Crippen LogP contribution in [0.5, 0.6) is 0 Å². The fourth-order valence-electron chi connectivity index (χ4n) is 7.95. The number of piperidine rings is 1. The van der Waals surface area contributed by atoms with Crippen molar-refractivity contribution < 1.29 is 38.3 Å². The molecule has 6 atom stereocenters. The van der Waals surface area contributed by atoms with E-state index in [-0.39, 0.29) is 30.7 Å². The van der Waals surface area contributed by atoms with Gasteiger partial charge in [0.25, 0.3) is 5.91 Å². The summed E-state index contributed by atoms with van der Waals surface area (Å²) in [5.41, 5.74) is -0.256. The maximum absolute atomic E-state index is 14.4. The van der Waals surface area contributed by atoms with Gasteiger partial charge in [-0.25, -0.2) is 4.79 Å². The number of hydrogen-bond acceptors (Lipinski definition) is 8. The molecule has 5 rings (SSSR count). The molecule has 3 aliphatic carbocycles. The topological polar surface area (TPSA) is 183 Å². The number of ether oxygens (including phenoxy) is 1. The van der Waals surface area contributed by atoms with Crippen molar-refractivity contribution in [2.75, 3.05) is 27.2 Å². The molecule has 0 bridgehead atoms. The van der Waals surface area contributed by atoms with E-state index in [1.54, 1.807) is 65.2 Å².